The molecule has 4 aromatic rings. The lowest BCUT2D eigenvalue weighted by Crippen LogP contribution is -1.95. The average molecular weight is 408 g/mol. The fourth-order valence-electron chi connectivity index (χ4n) is 3.63. The zero-order valence-corrected chi connectivity index (χ0v) is 16.0. The molecule has 0 saturated carbocycles. The van der Waals surface area contributed by atoms with Crippen LogP contribution in [0.1, 0.15) is 22.8 Å². The lowest BCUT2D eigenvalue weighted by Gasteiger charge is -2.12. The Kier molecular flexibility index (Phi) is 5.12. The first kappa shape index (κ1) is 19.8. The second-order valence-electron chi connectivity index (χ2n) is 7.00. The molecule has 0 radical (unpaired) electrons. The Bertz CT molecular complexity index is 1270. The van der Waals surface area contributed by atoms with Gasteiger partial charge < -0.3 is 0 Å². The van der Waals surface area contributed by atoms with Crippen molar-refractivity contribution < 1.29 is 22.4 Å². The van der Waals surface area contributed by atoms with Crippen molar-refractivity contribution in [3.8, 4) is 22.3 Å². The summed E-state index contributed by atoms with van der Waals surface area (Å²) in [6.45, 7) is 2.04. The van der Waals surface area contributed by atoms with Gasteiger partial charge in [0, 0.05) is 11.1 Å². The van der Waals surface area contributed by atoms with E-state index in [1.807, 2.05) is 31.2 Å². The average Bonchev–Trinajstić information content (AvgIpc) is 2.75. The molecule has 0 bridgehead atoms. The van der Waals surface area contributed by atoms with Gasteiger partial charge in [-0.2, -0.15) is 0 Å². The van der Waals surface area contributed by atoms with Gasteiger partial charge in [-0.1, -0.05) is 49.4 Å². The smallest absolute Gasteiger partial charge is 0.194 e. The molecular weight excluding hydrogens is 392 g/mol. The number of carbonyl (C=O) groups excluding carboxylic acids is 1. The number of rotatable bonds is 4. The third kappa shape index (κ3) is 3.36. The molecule has 30 heavy (non-hydrogen) atoms. The van der Waals surface area contributed by atoms with Crippen LogP contribution in [0.2, 0.25) is 0 Å². The maximum Gasteiger partial charge on any atom is 0.194 e. The first-order chi connectivity index (χ1) is 14.4. The second kappa shape index (κ2) is 7.75. The van der Waals surface area contributed by atoms with E-state index in [2.05, 4.69) is 0 Å². The van der Waals surface area contributed by atoms with Crippen LogP contribution in [0.25, 0.3) is 33.0 Å². The van der Waals surface area contributed by atoms with Crippen molar-refractivity contribution in [2.24, 2.45) is 0 Å². The summed E-state index contributed by atoms with van der Waals surface area (Å²) in [4.78, 5) is 11.8. The maximum atomic E-state index is 14.8. The predicted octanol–water partition coefficient (Wildman–Crippen LogP) is 7.11. The first-order valence-corrected chi connectivity index (χ1v) is 9.38. The molecule has 0 aromatic heterocycles. The molecule has 4 aromatic carbocycles. The normalized spacial score (nSPS) is 11.1. The molecule has 0 amide bonds. The number of hydrogen-bond donors (Lipinski definition) is 0. The van der Waals surface area contributed by atoms with E-state index in [1.165, 1.54) is 12.1 Å². The van der Waals surface area contributed by atoms with Crippen molar-refractivity contribution in [3.63, 3.8) is 0 Å². The number of aryl methyl sites for hydroxylation is 1. The highest BCUT2D eigenvalue weighted by Crippen LogP contribution is 2.33. The Balaban J connectivity index is 1.83. The molecule has 0 saturated heterocycles. The van der Waals surface area contributed by atoms with Crippen molar-refractivity contribution in [3.05, 3.63) is 95.1 Å². The Hall–Kier alpha value is -3.47. The van der Waals surface area contributed by atoms with E-state index in [0.29, 0.717) is 16.7 Å². The Morgan fingerprint density at radius 3 is 2.03 bits per heavy atom. The van der Waals surface area contributed by atoms with Crippen molar-refractivity contribution >= 4 is 17.1 Å². The molecule has 0 unspecified atom stereocenters. The van der Waals surface area contributed by atoms with E-state index < -0.39 is 23.3 Å². The molecule has 0 fully saturated rings. The molecule has 150 valence electrons. The summed E-state index contributed by atoms with van der Waals surface area (Å²) in [7, 11) is 0. The molecule has 0 N–H and O–H groups in total. The minimum Gasteiger partial charge on any atom is -0.298 e. The highest BCUT2D eigenvalue weighted by molar-refractivity contribution is 6.04. The minimum absolute atomic E-state index is 0.0717. The third-order valence-electron chi connectivity index (χ3n) is 5.23. The fourth-order valence-corrected chi connectivity index (χ4v) is 3.63. The second-order valence-corrected chi connectivity index (χ2v) is 7.00. The van der Waals surface area contributed by atoms with Crippen LogP contribution in [0.4, 0.5) is 17.6 Å². The van der Waals surface area contributed by atoms with Gasteiger partial charge in [-0.15, -0.1) is 0 Å². The molecule has 0 aliphatic heterocycles. The largest absolute Gasteiger partial charge is 0.298 e. The fraction of sp³-hybridized carbons (Fsp3) is 0.0800. The van der Waals surface area contributed by atoms with Crippen molar-refractivity contribution in [1.82, 2.24) is 0 Å². The van der Waals surface area contributed by atoms with Crippen LogP contribution in [0.3, 0.4) is 0 Å². The lowest BCUT2D eigenvalue weighted by molar-refractivity contribution is 0.112. The summed E-state index contributed by atoms with van der Waals surface area (Å²) in [6, 6.07) is 15.0. The highest BCUT2D eigenvalue weighted by atomic mass is 19.2. The summed E-state index contributed by atoms with van der Waals surface area (Å²) in [5, 5.41) is 1.67. The van der Waals surface area contributed by atoms with Crippen molar-refractivity contribution in [2.75, 3.05) is 0 Å². The summed E-state index contributed by atoms with van der Waals surface area (Å²) >= 11 is 0. The van der Waals surface area contributed by atoms with E-state index in [-0.39, 0.29) is 11.1 Å². The minimum atomic E-state index is -1.60. The third-order valence-corrected chi connectivity index (χ3v) is 5.23. The topological polar surface area (TPSA) is 17.1 Å². The molecule has 0 spiro atoms. The SMILES string of the molecule is CCc1ccc2c(C=O)c(-c3ccc(-c4cc(F)c(F)c(F)c4)c(F)c3)ccc2c1. The number of halogens is 4. The van der Waals surface area contributed by atoms with Gasteiger partial charge in [-0.25, -0.2) is 17.6 Å². The maximum absolute atomic E-state index is 14.8. The van der Waals surface area contributed by atoms with E-state index in [9.17, 15) is 22.4 Å². The number of aldehydes is 1. The van der Waals surface area contributed by atoms with Gasteiger partial charge in [0.15, 0.2) is 23.7 Å². The molecule has 0 atom stereocenters. The Labute approximate surface area is 170 Å². The van der Waals surface area contributed by atoms with Gasteiger partial charge in [-0.05, 0) is 57.6 Å². The molecule has 0 heterocycles. The summed E-state index contributed by atoms with van der Waals surface area (Å²) in [5.41, 5.74) is 2.38. The quantitative estimate of drug-likeness (QED) is 0.200. The van der Waals surface area contributed by atoms with Gasteiger partial charge in [0.2, 0.25) is 0 Å². The van der Waals surface area contributed by atoms with E-state index in [4.69, 9.17) is 0 Å². The Morgan fingerprint density at radius 1 is 0.733 bits per heavy atom. The molecule has 1 nitrogen and oxygen atoms in total. The number of benzene rings is 4. The monoisotopic (exact) mass is 408 g/mol. The van der Waals surface area contributed by atoms with Crippen LogP contribution >= 0.6 is 0 Å². The molecule has 0 aliphatic rings. The molecule has 4 rings (SSSR count). The van der Waals surface area contributed by atoms with Gasteiger partial charge in [-0.3, -0.25) is 4.79 Å². The number of hydrogen-bond acceptors (Lipinski definition) is 1. The number of fused-ring (bicyclic) bond motifs is 1. The van der Waals surface area contributed by atoms with Crippen LogP contribution in [0.15, 0.2) is 60.7 Å². The van der Waals surface area contributed by atoms with Gasteiger partial charge >= 0.3 is 0 Å². The zero-order valence-electron chi connectivity index (χ0n) is 16.0. The number of carbonyl (C=O) groups is 1. The van der Waals surface area contributed by atoms with Gasteiger partial charge in [0.1, 0.15) is 5.82 Å². The highest BCUT2D eigenvalue weighted by Gasteiger charge is 2.16. The molecule has 0 aliphatic carbocycles. The molecule has 5 heteroatoms. The van der Waals surface area contributed by atoms with Crippen LogP contribution < -0.4 is 0 Å². The van der Waals surface area contributed by atoms with Crippen molar-refractivity contribution in [1.29, 1.82) is 0 Å². The standard InChI is InChI=1S/C25H16F4O/c1-2-14-3-6-18-15(9-14)4-7-19(21(18)13-30)16-5-8-20(22(26)10-16)17-11-23(27)25(29)24(28)12-17/h3-13H,2H2,1H3. The Morgan fingerprint density at radius 2 is 1.40 bits per heavy atom. The summed E-state index contributed by atoms with van der Waals surface area (Å²) in [5.74, 6) is -5.12. The van der Waals surface area contributed by atoms with Crippen LogP contribution in [0.5, 0.6) is 0 Å². The predicted molar refractivity (Wildman–Crippen MR) is 109 cm³/mol. The van der Waals surface area contributed by atoms with E-state index >= 15 is 0 Å². The van der Waals surface area contributed by atoms with Crippen LogP contribution in [-0.4, -0.2) is 6.29 Å². The zero-order chi connectivity index (χ0) is 21.4. The lowest BCUT2D eigenvalue weighted by atomic mass is 9.92. The van der Waals surface area contributed by atoms with Gasteiger partial charge in [0.25, 0.3) is 0 Å². The molecular formula is C25H16F4O. The van der Waals surface area contributed by atoms with Crippen molar-refractivity contribution in [2.45, 2.75) is 13.3 Å². The summed E-state index contributed by atoms with van der Waals surface area (Å²) < 4.78 is 55.1. The van der Waals surface area contributed by atoms with E-state index in [1.54, 1.807) is 12.1 Å². The van der Waals surface area contributed by atoms with Crippen LogP contribution in [0, 0.1) is 23.3 Å². The summed E-state index contributed by atoms with van der Waals surface area (Å²) in [6.07, 6.45) is 1.60. The van der Waals surface area contributed by atoms with Gasteiger partial charge in [0.05, 0.1) is 0 Å². The van der Waals surface area contributed by atoms with Crippen LogP contribution in [-0.2, 0) is 6.42 Å². The first-order valence-electron chi connectivity index (χ1n) is 9.38. The van der Waals surface area contributed by atoms with E-state index in [0.717, 1.165) is 41.2 Å².